The minimum Gasteiger partial charge on any atom is -0.480 e. The van der Waals surface area contributed by atoms with E-state index >= 15 is 0 Å². The quantitative estimate of drug-likeness (QED) is 0.0604. The van der Waals surface area contributed by atoms with Gasteiger partial charge in [-0.05, 0) is 0 Å². The van der Waals surface area contributed by atoms with Crippen LogP contribution in [0.3, 0.4) is 0 Å². The lowest BCUT2D eigenvalue weighted by Crippen LogP contribution is -2.31. The molecule has 0 saturated carbocycles. The average molecular weight is 660 g/mol. The van der Waals surface area contributed by atoms with Crippen LogP contribution in [0.1, 0.15) is 6.42 Å². The molecular weight excluding hydrogens is 606 g/mol. The monoisotopic (exact) mass is 659 g/mol. The van der Waals surface area contributed by atoms with E-state index in [1.165, 1.54) is 7.11 Å². The Morgan fingerprint density at radius 2 is 0.756 bits per heavy atom. The zero-order chi connectivity index (χ0) is 32.9. The van der Waals surface area contributed by atoms with Gasteiger partial charge in [-0.1, -0.05) is 0 Å². The van der Waals surface area contributed by atoms with Crippen molar-refractivity contribution in [3.63, 3.8) is 0 Å². The third kappa shape index (κ3) is 38.1. The van der Waals surface area contributed by atoms with E-state index in [1.54, 1.807) is 0 Å². The van der Waals surface area contributed by atoms with Crippen LogP contribution in [0.4, 0.5) is 0 Å². The van der Waals surface area contributed by atoms with E-state index in [9.17, 15) is 14.4 Å². The number of aliphatic carboxylic acids is 1. The van der Waals surface area contributed by atoms with E-state index in [2.05, 4.69) is 14.8 Å². The first-order valence-corrected chi connectivity index (χ1v) is 15.0. The van der Waals surface area contributed by atoms with Crippen molar-refractivity contribution in [1.29, 1.82) is 0 Å². The molecule has 17 heteroatoms. The van der Waals surface area contributed by atoms with Gasteiger partial charge in [0.1, 0.15) is 13.2 Å². The molecule has 0 radical (unpaired) electrons. The van der Waals surface area contributed by atoms with E-state index in [0.717, 1.165) is 0 Å². The number of amides is 1. The first kappa shape index (κ1) is 43.0. The third-order valence-corrected chi connectivity index (χ3v) is 5.05. The van der Waals surface area contributed by atoms with Gasteiger partial charge in [0, 0.05) is 6.54 Å². The molecule has 0 aliphatic carbocycles. The largest absolute Gasteiger partial charge is 0.480 e. The van der Waals surface area contributed by atoms with Crippen LogP contribution in [-0.2, 0) is 71.2 Å². The summed E-state index contributed by atoms with van der Waals surface area (Å²) in [5.74, 6) is -1.82. The summed E-state index contributed by atoms with van der Waals surface area (Å²) in [4.78, 5) is 32.5. The second kappa shape index (κ2) is 36.4. The molecular formula is C28H53NO16. The third-order valence-electron chi connectivity index (χ3n) is 5.05. The topological polar surface area (TPSA) is 194 Å². The van der Waals surface area contributed by atoms with Crippen LogP contribution >= 0.6 is 0 Å². The van der Waals surface area contributed by atoms with Crippen molar-refractivity contribution in [2.24, 2.45) is 0 Å². The molecule has 2 N–H and O–H groups in total. The van der Waals surface area contributed by atoms with Crippen LogP contribution < -0.4 is 5.32 Å². The Balaban J connectivity index is 3.10. The maximum Gasteiger partial charge on any atom is 0.329 e. The summed E-state index contributed by atoms with van der Waals surface area (Å²) in [5.41, 5.74) is 0. The first-order valence-electron chi connectivity index (χ1n) is 15.0. The van der Waals surface area contributed by atoms with Gasteiger partial charge in [-0.3, -0.25) is 9.59 Å². The van der Waals surface area contributed by atoms with E-state index in [0.29, 0.717) is 139 Å². The number of carboxylic acids is 1. The molecule has 45 heavy (non-hydrogen) atoms. The molecule has 0 aliphatic heterocycles. The van der Waals surface area contributed by atoms with Crippen LogP contribution in [0.2, 0.25) is 0 Å². The number of methoxy groups -OCH3 is 1. The van der Waals surface area contributed by atoms with Crippen molar-refractivity contribution >= 4 is 17.8 Å². The lowest BCUT2D eigenvalue weighted by Gasteiger charge is -2.09. The highest BCUT2D eigenvalue weighted by Crippen LogP contribution is 1.88. The predicted octanol–water partition coefficient (Wildman–Crippen LogP) is -1.07. The highest BCUT2D eigenvalue weighted by Gasteiger charge is 2.03. The Morgan fingerprint density at radius 1 is 0.444 bits per heavy atom. The number of hydrogen-bond acceptors (Lipinski definition) is 15. The van der Waals surface area contributed by atoms with Gasteiger partial charge >= 0.3 is 11.9 Å². The summed E-state index contributed by atoms with van der Waals surface area (Å²) in [6, 6.07) is 0. The summed E-state index contributed by atoms with van der Waals surface area (Å²) >= 11 is 0. The van der Waals surface area contributed by atoms with Crippen LogP contribution in [0.25, 0.3) is 0 Å². The van der Waals surface area contributed by atoms with E-state index in [-0.39, 0.29) is 19.0 Å². The number of carbonyl (C=O) groups is 3. The maximum absolute atomic E-state index is 11.3. The Kier molecular flexibility index (Phi) is 34.8. The Bertz CT molecular complexity index is 672. The summed E-state index contributed by atoms with van der Waals surface area (Å²) in [7, 11) is 1.34. The predicted molar refractivity (Wildman–Crippen MR) is 156 cm³/mol. The molecule has 0 aliphatic rings. The molecule has 0 bridgehead atoms. The van der Waals surface area contributed by atoms with Crippen molar-refractivity contribution in [1.82, 2.24) is 5.32 Å². The molecule has 17 nitrogen and oxygen atoms in total. The van der Waals surface area contributed by atoms with Crippen molar-refractivity contribution in [3.05, 3.63) is 0 Å². The lowest BCUT2D eigenvalue weighted by atomic mass is 10.5. The van der Waals surface area contributed by atoms with Crippen molar-refractivity contribution < 1.29 is 76.3 Å². The van der Waals surface area contributed by atoms with Crippen LogP contribution in [0.15, 0.2) is 0 Å². The van der Waals surface area contributed by atoms with Crippen LogP contribution in [-0.4, -0.2) is 182 Å². The highest BCUT2D eigenvalue weighted by molar-refractivity contribution is 5.77. The van der Waals surface area contributed by atoms with Gasteiger partial charge < -0.3 is 67.3 Å². The highest BCUT2D eigenvalue weighted by atomic mass is 16.6. The fraction of sp³-hybridized carbons (Fsp3) is 0.893. The fourth-order valence-corrected chi connectivity index (χ4v) is 2.88. The fourth-order valence-electron chi connectivity index (χ4n) is 2.88. The summed E-state index contributed by atoms with van der Waals surface area (Å²) in [5, 5.41) is 11.0. The molecule has 0 atom stereocenters. The molecule has 0 aromatic heterocycles. The molecule has 0 spiro atoms. The van der Waals surface area contributed by atoms with E-state index < -0.39 is 18.5 Å². The zero-order valence-corrected chi connectivity index (χ0v) is 26.5. The molecule has 0 rings (SSSR count). The number of carbonyl (C=O) groups excluding carboxylic acids is 2. The second-order valence-corrected chi connectivity index (χ2v) is 8.69. The van der Waals surface area contributed by atoms with Crippen molar-refractivity contribution in [3.8, 4) is 0 Å². The molecule has 0 aromatic rings. The molecule has 0 unspecified atom stereocenters. The smallest absolute Gasteiger partial charge is 0.329 e. The normalized spacial score (nSPS) is 11.1. The number of nitrogens with one attached hydrogen (secondary N) is 1. The Morgan fingerprint density at radius 3 is 1.07 bits per heavy atom. The summed E-state index contributed by atoms with van der Waals surface area (Å²) in [6.07, 6.45) is 0.236. The lowest BCUT2D eigenvalue weighted by molar-refractivity contribution is -0.144. The molecule has 266 valence electrons. The van der Waals surface area contributed by atoms with Crippen LogP contribution in [0, 0.1) is 0 Å². The molecule has 0 heterocycles. The van der Waals surface area contributed by atoms with Crippen molar-refractivity contribution in [2.45, 2.75) is 6.42 Å². The average Bonchev–Trinajstić information content (AvgIpc) is 3.02. The second-order valence-electron chi connectivity index (χ2n) is 8.69. The minimum atomic E-state index is -1.13. The summed E-state index contributed by atoms with van der Waals surface area (Å²) < 4.78 is 63.0. The van der Waals surface area contributed by atoms with E-state index in [4.69, 9.17) is 52.5 Å². The van der Waals surface area contributed by atoms with Gasteiger partial charge in [0.2, 0.25) is 5.91 Å². The Hall–Kier alpha value is -2.03. The number of rotatable bonds is 37. The molecule has 0 aromatic carbocycles. The standard InChI is InChI=1S/C28H53NO16/c1-34-28(33)2-4-35-6-8-37-10-12-39-14-16-41-18-20-43-22-23-44-21-19-42-17-15-40-13-11-38-9-7-36-5-3-29-26(30)24-45-25-27(31)32/h2-25H2,1H3,(H,29,30)(H,31,32). The molecule has 0 fully saturated rings. The van der Waals surface area contributed by atoms with Gasteiger partial charge in [0.15, 0.2) is 0 Å². The van der Waals surface area contributed by atoms with E-state index in [1.807, 2.05) is 0 Å². The number of ether oxygens (including phenoxy) is 12. The van der Waals surface area contributed by atoms with Crippen LogP contribution in [0.5, 0.6) is 0 Å². The SMILES string of the molecule is COC(=O)CCOCCOCCOCCOCCOCCOCCOCCOCCOCCOCCNC(=O)COCC(=O)O. The summed E-state index contributed by atoms with van der Waals surface area (Å²) in [6.45, 7) is 8.21. The first-order chi connectivity index (χ1) is 22.1. The van der Waals surface area contributed by atoms with Gasteiger partial charge in [-0.2, -0.15) is 0 Å². The minimum absolute atomic E-state index is 0.236. The Labute approximate surface area is 265 Å². The zero-order valence-electron chi connectivity index (χ0n) is 26.5. The maximum atomic E-state index is 11.3. The van der Waals surface area contributed by atoms with Crippen molar-refractivity contribution in [2.75, 3.05) is 159 Å². The number of hydrogen-bond donors (Lipinski definition) is 2. The van der Waals surface area contributed by atoms with Gasteiger partial charge in [0.25, 0.3) is 0 Å². The number of esters is 1. The van der Waals surface area contributed by atoms with Gasteiger partial charge in [-0.25, -0.2) is 4.79 Å². The van der Waals surface area contributed by atoms with Gasteiger partial charge in [0.05, 0.1) is 146 Å². The molecule has 0 saturated heterocycles. The molecule has 1 amide bonds. The van der Waals surface area contributed by atoms with Gasteiger partial charge in [-0.15, -0.1) is 0 Å². The number of carboxylic acid groups (broad SMARTS) is 1.